The minimum Gasteiger partial charge on any atom is -0.466 e. The highest BCUT2D eigenvalue weighted by Gasteiger charge is 2.41. The fourth-order valence-electron chi connectivity index (χ4n) is 2.98. The van der Waals surface area contributed by atoms with Crippen molar-refractivity contribution in [2.24, 2.45) is 4.99 Å². The molecule has 0 saturated heterocycles. The van der Waals surface area contributed by atoms with Gasteiger partial charge in [-0.05, 0) is 26.3 Å². The number of allylic oxidation sites excluding steroid dienone is 3. The van der Waals surface area contributed by atoms with Gasteiger partial charge >= 0.3 is 5.97 Å². The zero-order valence-corrected chi connectivity index (χ0v) is 15.1. The standard InChI is InChI=1S/C17H17N3O4S/c1-9-14(16(21)24-4)15(12-6-5-7-13(8-12)20(22)23)19-10(2)11(3)25-17(19)18-9/h5-8,15H,1-4H3/t15-/m1/s1. The van der Waals surface area contributed by atoms with Crippen molar-refractivity contribution in [3.63, 3.8) is 0 Å². The van der Waals surface area contributed by atoms with Crippen LogP contribution in [0.4, 0.5) is 5.69 Å². The Morgan fingerprint density at radius 2 is 2.08 bits per heavy atom. The molecule has 1 aromatic carbocycles. The van der Waals surface area contributed by atoms with Crippen LogP contribution >= 0.6 is 11.8 Å². The van der Waals surface area contributed by atoms with Crippen LogP contribution in [0.1, 0.15) is 32.4 Å². The van der Waals surface area contributed by atoms with Gasteiger partial charge in [-0.25, -0.2) is 9.79 Å². The van der Waals surface area contributed by atoms with Gasteiger partial charge in [-0.15, -0.1) is 0 Å². The number of hydrogen-bond donors (Lipinski definition) is 0. The third-order valence-electron chi connectivity index (χ3n) is 4.31. The summed E-state index contributed by atoms with van der Waals surface area (Å²) in [5.74, 6) is -0.487. The number of hydrogen-bond acceptors (Lipinski definition) is 7. The quantitative estimate of drug-likeness (QED) is 0.464. The van der Waals surface area contributed by atoms with Gasteiger partial charge in [0.05, 0.1) is 29.3 Å². The lowest BCUT2D eigenvalue weighted by atomic mass is 9.94. The van der Waals surface area contributed by atoms with Gasteiger partial charge < -0.3 is 9.64 Å². The largest absolute Gasteiger partial charge is 0.466 e. The summed E-state index contributed by atoms with van der Waals surface area (Å²) in [5.41, 5.74) is 2.55. The van der Waals surface area contributed by atoms with Gasteiger partial charge in [0, 0.05) is 22.7 Å². The van der Waals surface area contributed by atoms with Crippen molar-refractivity contribution in [2.45, 2.75) is 26.8 Å². The fourth-order valence-corrected chi connectivity index (χ4v) is 4.02. The van der Waals surface area contributed by atoms with Crippen LogP contribution in [-0.4, -0.2) is 28.1 Å². The van der Waals surface area contributed by atoms with Crippen molar-refractivity contribution < 1.29 is 14.5 Å². The first-order valence-corrected chi connectivity index (χ1v) is 8.43. The van der Waals surface area contributed by atoms with Gasteiger partial charge in [-0.3, -0.25) is 10.1 Å². The second-order valence-corrected chi connectivity index (χ2v) is 6.93. The average Bonchev–Trinajstić information content (AvgIpc) is 2.87. The summed E-state index contributed by atoms with van der Waals surface area (Å²) < 4.78 is 4.95. The molecule has 0 unspecified atom stereocenters. The molecule has 0 fully saturated rings. The zero-order valence-electron chi connectivity index (χ0n) is 14.3. The predicted octanol–water partition coefficient (Wildman–Crippen LogP) is 3.75. The summed E-state index contributed by atoms with van der Waals surface area (Å²) in [4.78, 5) is 30.7. The minimum absolute atomic E-state index is 0.0198. The number of ether oxygens (including phenoxy) is 1. The van der Waals surface area contributed by atoms with Crippen LogP contribution in [0.15, 0.2) is 51.1 Å². The Morgan fingerprint density at radius 3 is 2.72 bits per heavy atom. The maximum atomic E-state index is 12.4. The zero-order chi connectivity index (χ0) is 18.3. The smallest absolute Gasteiger partial charge is 0.338 e. The summed E-state index contributed by atoms with van der Waals surface area (Å²) in [7, 11) is 1.32. The van der Waals surface area contributed by atoms with Crippen LogP contribution in [0.3, 0.4) is 0 Å². The maximum Gasteiger partial charge on any atom is 0.338 e. The molecule has 0 amide bonds. The van der Waals surface area contributed by atoms with Crippen LogP contribution in [0.2, 0.25) is 0 Å². The number of non-ortho nitro benzene ring substituents is 1. The van der Waals surface area contributed by atoms with E-state index < -0.39 is 16.9 Å². The molecule has 7 nitrogen and oxygen atoms in total. The monoisotopic (exact) mass is 359 g/mol. The van der Waals surface area contributed by atoms with Crippen molar-refractivity contribution in [1.29, 1.82) is 0 Å². The molecule has 130 valence electrons. The molecular weight excluding hydrogens is 342 g/mol. The number of methoxy groups -OCH3 is 1. The van der Waals surface area contributed by atoms with E-state index in [1.807, 2.05) is 18.7 Å². The lowest BCUT2D eigenvalue weighted by molar-refractivity contribution is -0.384. The maximum absolute atomic E-state index is 12.4. The van der Waals surface area contributed by atoms with E-state index in [4.69, 9.17) is 4.74 Å². The van der Waals surface area contributed by atoms with Crippen molar-refractivity contribution >= 4 is 28.6 Å². The highest BCUT2D eigenvalue weighted by Crippen LogP contribution is 2.46. The molecule has 2 aliphatic rings. The van der Waals surface area contributed by atoms with Crippen molar-refractivity contribution in [3.8, 4) is 0 Å². The Balaban J connectivity index is 2.21. The number of nitrogens with zero attached hydrogens (tertiary/aromatic N) is 3. The number of nitro benzene ring substituents is 1. The molecule has 8 heteroatoms. The number of rotatable bonds is 3. The summed E-state index contributed by atoms with van der Waals surface area (Å²) in [6.07, 6.45) is 0. The molecule has 1 aromatic rings. The molecule has 1 atom stereocenters. The number of fused-ring (bicyclic) bond motifs is 1. The first-order valence-electron chi connectivity index (χ1n) is 7.61. The molecule has 0 radical (unpaired) electrons. The van der Waals surface area contributed by atoms with Crippen LogP contribution in [0.5, 0.6) is 0 Å². The van der Waals surface area contributed by atoms with Crippen LogP contribution < -0.4 is 0 Å². The summed E-state index contributed by atoms with van der Waals surface area (Å²) in [6.45, 7) is 5.69. The number of aliphatic imine (C=N–C) groups is 1. The fraction of sp³-hybridized carbons (Fsp3) is 0.294. The van der Waals surface area contributed by atoms with Crippen molar-refractivity contribution in [2.75, 3.05) is 7.11 Å². The highest BCUT2D eigenvalue weighted by atomic mass is 32.2. The molecule has 0 aliphatic carbocycles. The van der Waals surface area contributed by atoms with Gasteiger partial charge in [0.15, 0.2) is 5.17 Å². The van der Waals surface area contributed by atoms with Gasteiger partial charge in [0.25, 0.3) is 5.69 Å². The predicted molar refractivity (Wildman–Crippen MR) is 95.8 cm³/mol. The molecule has 2 heterocycles. The molecule has 0 aromatic heterocycles. The number of benzene rings is 1. The summed E-state index contributed by atoms with van der Waals surface area (Å²) in [6, 6.07) is 5.82. The highest BCUT2D eigenvalue weighted by molar-refractivity contribution is 8.17. The second-order valence-electron chi connectivity index (χ2n) is 5.75. The van der Waals surface area contributed by atoms with Crippen molar-refractivity contribution in [1.82, 2.24) is 4.90 Å². The molecule has 0 bridgehead atoms. The van der Waals surface area contributed by atoms with Gasteiger partial charge in [0.2, 0.25) is 0 Å². The number of carbonyl (C=O) groups excluding carboxylic acids is 1. The molecule has 0 saturated carbocycles. The lowest BCUT2D eigenvalue weighted by Gasteiger charge is -2.35. The number of amidine groups is 1. The van der Waals surface area contributed by atoms with E-state index in [-0.39, 0.29) is 5.69 Å². The third kappa shape index (κ3) is 2.82. The van der Waals surface area contributed by atoms with Crippen molar-refractivity contribution in [3.05, 3.63) is 61.8 Å². The number of carbonyl (C=O) groups is 1. The average molecular weight is 359 g/mol. The second kappa shape index (κ2) is 6.36. The number of esters is 1. The van der Waals surface area contributed by atoms with E-state index in [2.05, 4.69) is 4.99 Å². The Hall–Kier alpha value is -2.61. The first kappa shape index (κ1) is 17.2. The Bertz CT molecular complexity index is 872. The normalized spacial score (nSPS) is 19.8. The van der Waals surface area contributed by atoms with Gasteiger partial charge in [0.1, 0.15) is 0 Å². The minimum atomic E-state index is -0.509. The van der Waals surface area contributed by atoms with E-state index in [0.717, 1.165) is 15.8 Å². The molecule has 25 heavy (non-hydrogen) atoms. The Labute approximate surface area is 149 Å². The van der Waals surface area contributed by atoms with Gasteiger partial charge in [-0.2, -0.15) is 0 Å². The van der Waals surface area contributed by atoms with E-state index in [0.29, 0.717) is 16.8 Å². The Kier molecular flexibility index (Phi) is 4.38. The summed E-state index contributed by atoms with van der Waals surface area (Å²) >= 11 is 1.53. The first-order chi connectivity index (χ1) is 11.8. The van der Waals surface area contributed by atoms with E-state index >= 15 is 0 Å². The molecule has 2 aliphatic heterocycles. The SMILES string of the molecule is COC(=O)C1=C(C)N=C2SC(C)=C(C)N2[C@@H]1c1cccc([N+](=O)[O-])c1. The van der Waals surface area contributed by atoms with Crippen LogP contribution in [-0.2, 0) is 9.53 Å². The topological polar surface area (TPSA) is 85.0 Å². The molecule has 3 rings (SSSR count). The lowest BCUT2D eigenvalue weighted by Crippen LogP contribution is -2.35. The number of nitro groups is 1. The van der Waals surface area contributed by atoms with Crippen LogP contribution in [0, 0.1) is 10.1 Å². The van der Waals surface area contributed by atoms with E-state index in [1.54, 1.807) is 19.1 Å². The van der Waals surface area contributed by atoms with Crippen LogP contribution in [0.25, 0.3) is 0 Å². The molecular formula is C17H17N3O4S. The molecule has 0 spiro atoms. The molecule has 0 N–H and O–H groups in total. The third-order valence-corrected chi connectivity index (χ3v) is 5.38. The Morgan fingerprint density at radius 1 is 1.36 bits per heavy atom. The van der Waals surface area contributed by atoms with Gasteiger partial charge in [-0.1, -0.05) is 23.9 Å². The van der Waals surface area contributed by atoms with E-state index in [9.17, 15) is 14.9 Å². The summed E-state index contributed by atoms with van der Waals surface area (Å²) in [5, 5.41) is 11.9. The number of thioether (sulfide) groups is 1. The van der Waals surface area contributed by atoms with E-state index in [1.165, 1.54) is 31.0 Å².